The smallest absolute Gasteiger partial charge is 0.375 e. The van der Waals surface area contributed by atoms with Crippen molar-refractivity contribution in [1.29, 1.82) is 0 Å². The van der Waals surface area contributed by atoms with E-state index in [-0.39, 0.29) is 5.76 Å². The summed E-state index contributed by atoms with van der Waals surface area (Å²) in [5, 5.41) is 0. The van der Waals surface area contributed by atoms with E-state index in [9.17, 15) is 4.79 Å². The SMILES string of the molecule is COC(=O)c1cnc(-c2ccc(Br)cc2)o1. The van der Waals surface area contributed by atoms with Crippen molar-refractivity contribution < 1.29 is 13.9 Å². The molecule has 1 heterocycles. The summed E-state index contributed by atoms with van der Waals surface area (Å²) in [4.78, 5) is 15.2. The number of benzene rings is 1. The van der Waals surface area contributed by atoms with E-state index in [1.54, 1.807) is 0 Å². The molecule has 0 saturated carbocycles. The molecule has 0 radical (unpaired) electrons. The number of hydrogen-bond acceptors (Lipinski definition) is 4. The van der Waals surface area contributed by atoms with Gasteiger partial charge in [-0.1, -0.05) is 15.9 Å². The quantitative estimate of drug-likeness (QED) is 0.795. The zero-order chi connectivity index (χ0) is 11.5. The molecule has 0 spiro atoms. The van der Waals surface area contributed by atoms with Gasteiger partial charge in [0.15, 0.2) is 0 Å². The van der Waals surface area contributed by atoms with Crippen molar-refractivity contribution >= 4 is 21.9 Å². The number of aromatic nitrogens is 1. The molecule has 0 aliphatic carbocycles. The van der Waals surface area contributed by atoms with Crippen LogP contribution in [-0.2, 0) is 4.74 Å². The molecule has 0 atom stereocenters. The lowest BCUT2D eigenvalue weighted by molar-refractivity contribution is 0.0566. The highest BCUT2D eigenvalue weighted by Gasteiger charge is 2.13. The number of rotatable bonds is 2. The van der Waals surface area contributed by atoms with Crippen LogP contribution in [0.15, 0.2) is 39.4 Å². The third-order valence-corrected chi connectivity index (χ3v) is 2.51. The topological polar surface area (TPSA) is 52.3 Å². The summed E-state index contributed by atoms with van der Waals surface area (Å²) in [5.41, 5.74) is 0.804. The van der Waals surface area contributed by atoms with Crippen LogP contribution in [0.2, 0.25) is 0 Å². The summed E-state index contributed by atoms with van der Waals surface area (Å²) in [7, 11) is 1.30. The van der Waals surface area contributed by atoms with Crippen molar-refractivity contribution in [3.8, 4) is 11.5 Å². The number of carbonyl (C=O) groups is 1. The zero-order valence-electron chi connectivity index (χ0n) is 8.44. The second kappa shape index (κ2) is 4.49. The monoisotopic (exact) mass is 281 g/mol. The fourth-order valence-electron chi connectivity index (χ4n) is 1.20. The molecule has 0 amide bonds. The molecule has 0 N–H and O–H groups in total. The lowest BCUT2D eigenvalue weighted by Crippen LogP contribution is -1.98. The van der Waals surface area contributed by atoms with Crippen LogP contribution in [0.1, 0.15) is 10.6 Å². The minimum atomic E-state index is -0.532. The Morgan fingerprint density at radius 3 is 2.69 bits per heavy atom. The molecule has 0 saturated heterocycles. The number of nitrogens with zero attached hydrogens (tertiary/aromatic N) is 1. The largest absolute Gasteiger partial charge is 0.463 e. The van der Waals surface area contributed by atoms with E-state index >= 15 is 0 Å². The summed E-state index contributed by atoms with van der Waals surface area (Å²) in [6, 6.07) is 7.43. The Morgan fingerprint density at radius 1 is 1.38 bits per heavy atom. The number of ether oxygens (including phenoxy) is 1. The van der Waals surface area contributed by atoms with Crippen LogP contribution in [0, 0.1) is 0 Å². The van der Waals surface area contributed by atoms with Gasteiger partial charge in [0.05, 0.1) is 13.3 Å². The molecular formula is C11H8BrNO3. The Morgan fingerprint density at radius 2 is 2.06 bits per heavy atom. The van der Waals surface area contributed by atoms with Crippen molar-refractivity contribution in [2.24, 2.45) is 0 Å². The molecule has 0 aliphatic rings. The van der Waals surface area contributed by atoms with Gasteiger partial charge in [0.2, 0.25) is 11.7 Å². The Bertz CT molecular complexity index is 504. The molecule has 0 aliphatic heterocycles. The number of halogens is 1. The molecule has 4 nitrogen and oxygen atoms in total. The van der Waals surface area contributed by atoms with Gasteiger partial charge >= 0.3 is 5.97 Å². The van der Waals surface area contributed by atoms with Gasteiger partial charge in [-0.05, 0) is 24.3 Å². The normalized spacial score (nSPS) is 10.1. The Balaban J connectivity index is 2.31. The number of carbonyl (C=O) groups excluding carboxylic acids is 1. The average Bonchev–Trinajstić information content (AvgIpc) is 2.78. The van der Waals surface area contributed by atoms with Gasteiger partial charge in [-0.3, -0.25) is 0 Å². The van der Waals surface area contributed by atoms with Crippen LogP contribution in [0.5, 0.6) is 0 Å². The first-order valence-electron chi connectivity index (χ1n) is 4.51. The molecule has 1 aromatic carbocycles. The van der Waals surface area contributed by atoms with Gasteiger partial charge < -0.3 is 9.15 Å². The third-order valence-electron chi connectivity index (χ3n) is 1.98. The number of oxazole rings is 1. The van der Waals surface area contributed by atoms with Gasteiger partial charge in [-0.15, -0.1) is 0 Å². The van der Waals surface area contributed by atoms with Crippen LogP contribution < -0.4 is 0 Å². The predicted molar refractivity (Wildman–Crippen MR) is 61.0 cm³/mol. The summed E-state index contributed by atoms with van der Waals surface area (Å²) < 4.78 is 10.8. The predicted octanol–water partition coefficient (Wildman–Crippen LogP) is 2.89. The van der Waals surface area contributed by atoms with E-state index in [0.29, 0.717) is 5.89 Å². The highest BCUT2D eigenvalue weighted by atomic mass is 79.9. The van der Waals surface area contributed by atoms with E-state index in [1.165, 1.54) is 13.3 Å². The first-order chi connectivity index (χ1) is 7.70. The maximum Gasteiger partial charge on any atom is 0.375 e. The minimum Gasteiger partial charge on any atom is -0.463 e. The van der Waals surface area contributed by atoms with Gasteiger partial charge in [0.25, 0.3) is 0 Å². The van der Waals surface area contributed by atoms with E-state index in [4.69, 9.17) is 4.42 Å². The van der Waals surface area contributed by atoms with Crippen LogP contribution >= 0.6 is 15.9 Å². The summed E-state index contributed by atoms with van der Waals surface area (Å²) in [5.74, 6) is -0.0378. The molecule has 2 aromatic rings. The van der Waals surface area contributed by atoms with Gasteiger partial charge in [-0.2, -0.15) is 0 Å². The molecular weight excluding hydrogens is 274 g/mol. The molecule has 0 bridgehead atoms. The van der Waals surface area contributed by atoms with E-state index in [0.717, 1.165) is 10.0 Å². The highest BCUT2D eigenvalue weighted by Crippen LogP contribution is 2.21. The van der Waals surface area contributed by atoms with Crippen molar-refractivity contribution in [2.45, 2.75) is 0 Å². The fourth-order valence-corrected chi connectivity index (χ4v) is 1.46. The second-order valence-electron chi connectivity index (χ2n) is 3.03. The van der Waals surface area contributed by atoms with Crippen LogP contribution in [0.25, 0.3) is 11.5 Å². The number of hydrogen-bond donors (Lipinski definition) is 0. The van der Waals surface area contributed by atoms with Crippen LogP contribution in [0.4, 0.5) is 0 Å². The summed E-state index contributed by atoms with van der Waals surface area (Å²) in [6.45, 7) is 0. The molecule has 0 unspecified atom stereocenters. The van der Waals surface area contributed by atoms with E-state index in [2.05, 4.69) is 25.7 Å². The highest BCUT2D eigenvalue weighted by molar-refractivity contribution is 9.10. The average molecular weight is 282 g/mol. The van der Waals surface area contributed by atoms with Crippen molar-refractivity contribution in [3.63, 3.8) is 0 Å². The fraction of sp³-hybridized carbons (Fsp3) is 0.0909. The zero-order valence-corrected chi connectivity index (χ0v) is 10.0. The van der Waals surface area contributed by atoms with Crippen molar-refractivity contribution in [3.05, 3.63) is 40.7 Å². The molecule has 2 rings (SSSR count). The molecule has 0 fully saturated rings. The number of methoxy groups -OCH3 is 1. The Kier molecular flexibility index (Phi) is 3.05. The second-order valence-corrected chi connectivity index (χ2v) is 3.94. The van der Waals surface area contributed by atoms with Crippen molar-refractivity contribution in [1.82, 2.24) is 4.98 Å². The van der Waals surface area contributed by atoms with Gasteiger partial charge in [0, 0.05) is 10.0 Å². The first kappa shape index (κ1) is 10.9. The van der Waals surface area contributed by atoms with E-state index in [1.807, 2.05) is 24.3 Å². The lowest BCUT2D eigenvalue weighted by Gasteiger charge is -1.95. The van der Waals surface area contributed by atoms with Crippen LogP contribution in [0.3, 0.4) is 0 Å². The first-order valence-corrected chi connectivity index (χ1v) is 5.30. The van der Waals surface area contributed by atoms with Crippen LogP contribution in [-0.4, -0.2) is 18.1 Å². The minimum absolute atomic E-state index is 0.0976. The standard InChI is InChI=1S/C11H8BrNO3/c1-15-11(14)9-6-13-10(16-9)7-2-4-8(12)5-3-7/h2-6H,1H3. The molecule has 5 heteroatoms. The Hall–Kier alpha value is -1.62. The molecule has 1 aromatic heterocycles. The van der Waals surface area contributed by atoms with Crippen molar-refractivity contribution in [2.75, 3.05) is 7.11 Å². The lowest BCUT2D eigenvalue weighted by atomic mass is 10.2. The molecule has 16 heavy (non-hydrogen) atoms. The third kappa shape index (κ3) is 2.14. The van der Waals surface area contributed by atoms with E-state index < -0.39 is 5.97 Å². The maximum atomic E-state index is 11.1. The number of esters is 1. The van der Waals surface area contributed by atoms with Gasteiger partial charge in [0.1, 0.15) is 0 Å². The summed E-state index contributed by atoms with van der Waals surface area (Å²) >= 11 is 3.33. The molecule has 82 valence electrons. The maximum absolute atomic E-state index is 11.1. The Labute approximate surface area is 100 Å². The van der Waals surface area contributed by atoms with Gasteiger partial charge in [-0.25, -0.2) is 9.78 Å². The summed E-state index contributed by atoms with van der Waals surface area (Å²) in [6.07, 6.45) is 1.35.